The monoisotopic (exact) mass is 1010 g/mol. The highest BCUT2D eigenvalue weighted by Crippen LogP contribution is 2.48. The van der Waals surface area contributed by atoms with Crippen LogP contribution in [0.4, 0.5) is 0 Å². The summed E-state index contributed by atoms with van der Waals surface area (Å²) in [6, 6.07) is 44.9. The normalized spacial score (nSPS) is 27.4. The Morgan fingerprint density at radius 1 is 0.658 bits per heavy atom. The summed E-state index contributed by atoms with van der Waals surface area (Å²) in [6.45, 7) is 17.9. The van der Waals surface area contributed by atoms with Crippen molar-refractivity contribution in [2.24, 2.45) is 5.92 Å². The van der Waals surface area contributed by atoms with Crippen molar-refractivity contribution in [1.82, 2.24) is 4.90 Å². The van der Waals surface area contributed by atoms with Crippen LogP contribution in [-0.2, 0) is 66.9 Å². The Labute approximate surface area is 430 Å². The van der Waals surface area contributed by atoms with E-state index in [1.54, 1.807) is 30.3 Å². The average molecular weight is 1010 g/mol. The lowest BCUT2D eigenvalue weighted by Gasteiger charge is -2.54. The van der Waals surface area contributed by atoms with E-state index in [1.165, 1.54) is 4.90 Å². The fourth-order valence-corrected chi connectivity index (χ4v) is 12.4. The van der Waals surface area contributed by atoms with Crippen LogP contribution in [0.1, 0.15) is 77.0 Å². The summed E-state index contributed by atoms with van der Waals surface area (Å²) < 4.78 is 69.6. The predicted molar refractivity (Wildman–Crippen MR) is 276 cm³/mol. The molecule has 4 aliphatic rings. The van der Waals surface area contributed by atoms with Crippen molar-refractivity contribution < 1.29 is 56.6 Å². The first kappa shape index (κ1) is 52.7. The summed E-state index contributed by atoms with van der Waals surface area (Å²) in [5, 5.41) is -0.296. The van der Waals surface area contributed by atoms with Crippen molar-refractivity contribution in [2.75, 3.05) is 19.8 Å². The second-order valence-electron chi connectivity index (χ2n) is 20.5. The van der Waals surface area contributed by atoms with Gasteiger partial charge in [0.05, 0.1) is 50.8 Å². The summed E-state index contributed by atoms with van der Waals surface area (Å²) in [5.41, 5.74) is 4.14. The fraction of sp³-hybridized carbons (Fsp3) is 0.424. The molecule has 13 nitrogen and oxygen atoms in total. The minimum atomic E-state index is -2.83. The second kappa shape index (κ2) is 23.6. The number of carbonyl (C=O) groups is 2. The summed E-state index contributed by atoms with van der Waals surface area (Å²) in [5.74, 6) is -0.757. The van der Waals surface area contributed by atoms with Crippen molar-refractivity contribution in [3.8, 4) is 0 Å². The van der Waals surface area contributed by atoms with Crippen molar-refractivity contribution in [2.45, 2.75) is 133 Å². The number of rotatable bonds is 21. The zero-order valence-electron chi connectivity index (χ0n) is 42.7. The molecular weight excluding hydrogens is 943 g/mol. The van der Waals surface area contributed by atoms with Crippen molar-refractivity contribution >= 4 is 20.1 Å². The molecule has 2 amide bonds. The highest BCUT2D eigenvalue weighted by Gasteiger charge is 2.60. The van der Waals surface area contributed by atoms with Crippen LogP contribution in [0.15, 0.2) is 158 Å². The van der Waals surface area contributed by atoms with E-state index in [1.807, 2.05) is 121 Å². The van der Waals surface area contributed by atoms with Crippen LogP contribution in [0, 0.1) is 5.92 Å². The molecule has 5 aromatic rings. The van der Waals surface area contributed by atoms with Crippen LogP contribution in [0.3, 0.4) is 0 Å². The molecule has 0 bridgehead atoms. The molecule has 1 unspecified atom stereocenters. The minimum Gasteiger partial charge on any atom is -0.391 e. The predicted octanol–water partition coefficient (Wildman–Crippen LogP) is 10.2. The molecule has 3 fully saturated rings. The maximum atomic E-state index is 14.9. The molecule has 14 heteroatoms. The summed E-state index contributed by atoms with van der Waals surface area (Å²) in [6.07, 6.45) is -7.53. The molecule has 386 valence electrons. The number of carbonyl (C=O) groups excluding carboxylic acids is 2. The van der Waals surface area contributed by atoms with Gasteiger partial charge in [-0.25, -0.2) is 0 Å². The molecule has 0 aromatic heterocycles. The van der Waals surface area contributed by atoms with Crippen molar-refractivity contribution in [3.05, 3.63) is 192 Å². The summed E-state index contributed by atoms with van der Waals surface area (Å²) in [7, 11) is -2.83. The zero-order chi connectivity index (χ0) is 51.1. The van der Waals surface area contributed by atoms with Crippen LogP contribution < -0.4 is 0 Å². The number of benzene rings is 5. The van der Waals surface area contributed by atoms with Gasteiger partial charge in [-0.15, -0.1) is 6.58 Å². The van der Waals surface area contributed by atoms with E-state index < -0.39 is 87.8 Å². The van der Waals surface area contributed by atoms with Crippen molar-refractivity contribution in [3.63, 3.8) is 0 Å². The first-order chi connectivity index (χ1) is 35.3. The topological polar surface area (TPSA) is 130 Å². The Kier molecular flexibility index (Phi) is 17.0. The van der Waals surface area contributed by atoms with Crippen LogP contribution in [-0.4, -0.2) is 106 Å². The first-order valence-corrected chi connectivity index (χ1v) is 28.3. The second-order valence-corrected chi connectivity index (χ2v) is 25.0. The Morgan fingerprint density at radius 3 is 1.75 bits per heavy atom. The standard InChI is InChI=1S/C59H69NO12Si/c1-8-33-64-52-50-47(38-67-56(70-50)43-29-19-12-20-30-43)69-58(53(52)66-36-42-27-17-11-18-28-42)71-49-46(37-63-34-40-23-13-9-14-24-40)68-57(72-73(6,7)59(4,5)39(2)3)48(51(49)65-35-41-25-15-10-16-26-41)60-54(61)44-31-21-22-32-45(44)55(60)62/h8-32,39,46-53,56-58H,1,33-38H2,2-7H3/t46-,47-,48-,49-,50-,51-,52+,53+,56?,57+,58+/m1/s1. The van der Waals surface area contributed by atoms with E-state index in [4.69, 9.17) is 47.1 Å². The van der Waals surface area contributed by atoms with Gasteiger partial charge in [0.25, 0.3) is 11.8 Å². The van der Waals surface area contributed by atoms with E-state index in [2.05, 4.69) is 47.4 Å². The lowest BCUT2D eigenvalue weighted by atomic mass is 9.93. The fourth-order valence-electron chi connectivity index (χ4n) is 9.90. The van der Waals surface area contributed by atoms with Gasteiger partial charge in [0.1, 0.15) is 48.8 Å². The molecule has 0 saturated carbocycles. The number of hydrogen-bond donors (Lipinski definition) is 0. The van der Waals surface area contributed by atoms with Crippen LogP contribution in [0.5, 0.6) is 0 Å². The van der Waals surface area contributed by atoms with Crippen LogP contribution in [0.2, 0.25) is 18.1 Å². The highest BCUT2D eigenvalue weighted by molar-refractivity contribution is 6.74. The van der Waals surface area contributed by atoms with Gasteiger partial charge < -0.3 is 47.1 Å². The third-order valence-corrected chi connectivity index (χ3v) is 19.7. The molecule has 0 radical (unpaired) electrons. The maximum absolute atomic E-state index is 14.9. The van der Waals surface area contributed by atoms with E-state index in [9.17, 15) is 9.59 Å². The Balaban J connectivity index is 1.16. The molecule has 11 atom stereocenters. The van der Waals surface area contributed by atoms with E-state index in [0.29, 0.717) is 0 Å². The van der Waals surface area contributed by atoms with E-state index >= 15 is 0 Å². The van der Waals surface area contributed by atoms with Gasteiger partial charge >= 0.3 is 0 Å². The molecule has 0 aliphatic carbocycles. The molecule has 0 spiro atoms. The lowest BCUT2D eigenvalue weighted by Crippen LogP contribution is -2.70. The van der Waals surface area contributed by atoms with Crippen LogP contribution >= 0.6 is 0 Å². The largest absolute Gasteiger partial charge is 0.391 e. The number of ether oxygens (including phenoxy) is 9. The molecule has 4 aliphatic heterocycles. The van der Waals surface area contributed by atoms with Crippen molar-refractivity contribution in [1.29, 1.82) is 0 Å². The molecule has 5 aromatic carbocycles. The van der Waals surface area contributed by atoms with Crippen LogP contribution in [0.25, 0.3) is 0 Å². The number of fused-ring (bicyclic) bond motifs is 2. The number of imide groups is 1. The quantitative estimate of drug-likeness (QED) is 0.0394. The smallest absolute Gasteiger partial charge is 0.262 e. The first-order valence-electron chi connectivity index (χ1n) is 25.4. The molecule has 4 heterocycles. The summed E-state index contributed by atoms with van der Waals surface area (Å²) in [4.78, 5) is 31.1. The van der Waals surface area contributed by atoms with Gasteiger partial charge in [-0.3, -0.25) is 14.5 Å². The van der Waals surface area contributed by atoms with Gasteiger partial charge in [-0.05, 0) is 52.9 Å². The molecule has 3 saturated heterocycles. The minimum absolute atomic E-state index is 0.00466. The summed E-state index contributed by atoms with van der Waals surface area (Å²) >= 11 is 0. The molecule has 0 N–H and O–H groups in total. The average Bonchev–Trinajstić information content (AvgIpc) is 3.65. The Bertz CT molecular complexity index is 2550. The third kappa shape index (κ3) is 11.7. The Hall–Kier alpha value is -5.20. The highest BCUT2D eigenvalue weighted by atomic mass is 28.4. The van der Waals surface area contributed by atoms with Gasteiger partial charge in [0.15, 0.2) is 27.2 Å². The maximum Gasteiger partial charge on any atom is 0.262 e. The van der Waals surface area contributed by atoms with Gasteiger partial charge in [0.2, 0.25) is 0 Å². The molecular formula is C59H69NO12Si. The molecule has 73 heavy (non-hydrogen) atoms. The van der Waals surface area contributed by atoms with E-state index in [0.717, 1.165) is 22.3 Å². The Morgan fingerprint density at radius 2 is 1.19 bits per heavy atom. The van der Waals surface area contributed by atoms with Gasteiger partial charge in [0, 0.05) is 5.56 Å². The lowest BCUT2D eigenvalue weighted by molar-refractivity contribution is -0.390. The molecule has 9 rings (SSSR count). The zero-order valence-corrected chi connectivity index (χ0v) is 43.7. The SMILES string of the molecule is C=CCO[C@@H]1[C@H](OCc2ccccc2)[C@H](O[C@H]2[C@H](OCc3ccccc3)[C@@H](N3C(=O)c4ccccc4C3=O)[C@H](O[Si](C)(C)C(C)(C)C(C)C)O[C@@H]2COCc2ccccc2)O[C@@H]2COC(c3ccccc3)O[C@@H]12. The third-order valence-electron chi connectivity index (χ3n) is 15.2. The number of nitrogens with zero attached hydrogens (tertiary/aromatic N) is 1. The van der Waals surface area contributed by atoms with Gasteiger partial charge in [-0.1, -0.05) is 167 Å². The van der Waals surface area contributed by atoms with E-state index in [-0.39, 0.29) is 61.7 Å². The number of hydrogen-bond acceptors (Lipinski definition) is 12. The van der Waals surface area contributed by atoms with Gasteiger partial charge in [-0.2, -0.15) is 0 Å². The number of amides is 2.